The molecule has 0 radical (unpaired) electrons. The molecule has 0 aliphatic heterocycles. The first-order valence-electron chi connectivity index (χ1n) is 6.01. The highest BCUT2D eigenvalue weighted by molar-refractivity contribution is 8.13. The largest absolute Gasteiger partial charge is 0.352 e. The fraction of sp³-hybridized carbons (Fsp3) is 0.417. The zero-order valence-corrected chi connectivity index (χ0v) is 11.9. The van der Waals surface area contributed by atoms with Crippen LogP contribution in [0, 0.1) is 17.6 Å². The maximum atomic E-state index is 13.9. The van der Waals surface area contributed by atoms with E-state index in [2.05, 4.69) is 5.32 Å². The van der Waals surface area contributed by atoms with Crippen LogP contribution in [0.4, 0.5) is 8.78 Å². The molecule has 110 valence electrons. The minimum Gasteiger partial charge on any atom is -0.352 e. The molecular weight excluding hydrogens is 312 g/mol. The average molecular weight is 324 g/mol. The van der Waals surface area contributed by atoms with E-state index in [-0.39, 0.29) is 0 Å². The van der Waals surface area contributed by atoms with Gasteiger partial charge in [-0.05, 0) is 30.9 Å². The first-order valence-corrected chi connectivity index (χ1v) is 8.32. The molecule has 1 N–H and O–H groups in total. The Hall–Kier alpha value is -1.21. The van der Waals surface area contributed by atoms with E-state index in [0.717, 1.165) is 19.3 Å². The van der Waals surface area contributed by atoms with E-state index >= 15 is 0 Å². The van der Waals surface area contributed by atoms with Gasteiger partial charge in [0.25, 0.3) is 15.0 Å². The zero-order valence-electron chi connectivity index (χ0n) is 10.3. The monoisotopic (exact) mass is 323 g/mol. The van der Waals surface area contributed by atoms with Gasteiger partial charge < -0.3 is 5.32 Å². The van der Waals surface area contributed by atoms with Gasteiger partial charge >= 0.3 is 0 Å². The fourth-order valence-electron chi connectivity index (χ4n) is 1.95. The van der Waals surface area contributed by atoms with Crippen molar-refractivity contribution in [3.8, 4) is 0 Å². The summed E-state index contributed by atoms with van der Waals surface area (Å²) in [5.41, 5.74) is -0.925. The van der Waals surface area contributed by atoms with Gasteiger partial charge in [-0.15, -0.1) is 0 Å². The third-order valence-electron chi connectivity index (χ3n) is 3.32. The molecule has 1 aliphatic carbocycles. The molecule has 0 bridgehead atoms. The average Bonchev–Trinajstić information content (AvgIpc) is 2.24. The number of carbonyl (C=O) groups excluding carboxylic acids is 1. The third kappa shape index (κ3) is 3.09. The Kier molecular flexibility index (Phi) is 4.29. The van der Waals surface area contributed by atoms with Crippen LogP contribution in [0.15, 0.2) is 17.0 Å². The summed E-state index contributed by atoms with van der Waals surface area (Å²) < 4.78 is 49.8. The van der Waals surface area contributed by atoms with E-state index in [0.29, 0.717) is 24.6 Å². The second-order valence-corrected chi connectivity index (χ2v) is 7.21. The van der Waals surface area contributed by atoms with E-state index in [4.69, 9.17) is 10.7 Å². The lowest BCUT2D eigenvalue weighted by Crippen LogP contribution is -2.33. The lowest BCUT2D eigenvalue weighted by atomic mass is 9.85. The first-order chi connectivity index (χ1) is 9.30. The molecule has 0 spiro atoms. The molecule has 0 unspecified atom stereocenters. The van der Waals surface area contributed by atoms with Crippen molar-refractivity contribution in [3.05, 3.63) is 29.3 Å². The van der Waals surface area contributed by atoms with E-state index in [1.165, 1.54) is 0 Å². The summed E-state index contributed by atoms with van der Waals surface area (Å²) in [6.45, 7) is 0.315. The predicted octanol–water partition coefficient (Wildman–Crippen LogP) is 2.42. The summed E-state index contributed by atoms with van der Waals surface area (Å²) in [5.74, 6) is -3.26. The van der Waals surface area contributed by atoms with Gasteiger partial charge in [-0.2, -0.15) is 0 Å². The fourth-order valence-corrected chi connectivity index (χ4v) is 2.86. The van der Waals surface area contributed by atoms with Crippen LogP contribution >= 0.6 is 10.7 Å². The van der Waals surface area contributed by atoms with Crippen molar-refractivity contribution < 1.29 is 22.0 Å². The van der Waals surface area contributed by atoms with E-state index < -0.39 is 37.1 Å². The number of carbonyl (C=O) groups is 1. The number of halogens is 3. The van der Waals surface area contributed by atoms with Crippen LogP contribution in [-0.4, -0.2) is 20.9 Å². The minimum atomic E-state index is -4.38. The normalized spacial score (nSPS) is 15.8. The van der Waals surface area contributed by atoms with E-state index in [1.54, 1.807) is 0 Å². The van der Waals surface area contributed by atoms with E-state index in [1.807, 2.05) is 0 Å². The van der Waals surface area contributed by atoms with Crippen LogP contribution in [0.1, 0.15) is 29.6 Å². The second kappa shape index (κ2) is 5.65. The Morgan fingerprint density at radius 1 is 1.35 bits per heavy atom. The van der Waals surface area contributed by atoms with Crippen LogP contribution < -0.4 is 5.32 Å². The Labute approximate surface area is 119 Å². The summed E-state index contributed by atoms with van der Waals surface area (Å²) in [6, 6.07) is 1.40. The second-order valence-electron chi connectivity index (χ2n) is 4.68. The quantitative estimate of drug-likeness (QED) is 0.866. The SMILES string of the molecule is O=C(NCC1CCC1)c1c(F)ccc(S(=O)(=O)Cl)c1F. The highest BCUT2D eigenvalue weighted by atomic mass is 35.7. The van der Waals surface area contributed by atoms with Crippen molar-refractivity contribution in [3.63, 3.8) is 0 Å². The van der Waals surface area contributed by atoms with Crippen molar-refractivity contribution >= 4 is 25.6 Å². The highest BCUT2D eigenvalue weighted by Gasteiger charge is 2.26. The number of rotatable bonds is 4. The van der Waals surface area contributed by atoms with Crippen LogP contribution in [0.2, 0.25) is 0 Å². The molecule has 1 fully saturated rings. The number of hydrogen-bond acceptors (Lipinski definition) is 3. The molecule has 1 aliphatic rings. The maximum Gasteiger partial charge on any atom is 0.264 e. The van der Waals surface area contributed by atoms with Gasteiger partial charge in [0.15, 0.2) is 5.82 Å². The molecule has 20 heavy (non-hydrogen) atoms. The van der Waals surface area contributed by atoms with Gasteiger partial charge in [-0.25, -0.2) is 17.2 Å². The summed E-state index contributed by atoms with van der Waals surface area (Å²) in [4.78, 5) is 10.9. The van der Waals surface area contributed by atoms with Gasteiger partial charge in [-0.3, -0.25) is 4.79 Å². The summed E-state index contributed by atoms with van der Waals surface area (Å²) in [6.07, 6.45) is 2.99. The van der Waals surface area contributed by atoms with E-state index in [9.17, 15) is 22.0 Å². The number of nitrogens with one attached hydrogen (secondary N) is 1. The molecule has 0 heterocycles. The van der Waals surface area contributed by atoms with Crippen LogP contribution in [-0.2, 0) is 9.05 Å². The van der Waals surface area contributed by atoms with Gasteiger partial charge in [0.05, 0.1) is 0 Å². The standard InChI is InChI=1S/C12H12ClF2NO3S/c13-20(18,19)9-5-4-8(14)10(11(9)15)12(17)16-6-7-2-1-3-7/h4-5,7H,1-3,6H2,(H,16,17). The molecule has 1 aromatic carbocycles. The summed E-state index contributed by atoms with van der Waals surface area (Å²) in [7, 11) is 0.650. The Morgan fingerprint density at radius 3 is 2.50 bits per heavy atom. The zero-order chi connectivity index (χ0) is 14.9. The predicted molar refractivity (Wildman–Crippen MR) is 69.1 cm³/mol. The highest BCUT2D eigenvalue weighted by Crippen LogP contribution is 2.26. The van der Waals surface area contributed by atoms with Crippen LogP contribution in [0.5, 0.6) is 0 Å². The number of hydrogen-bond donors (Lipinski definition) is 1. The van der Waals surface area contributed by atoms with Crippen molar-refractivity contribution in [2.75, 3.05) is 6.54 Å². The first kappa shape index (κ1) is 15.2. The molecule has 4 nitrogen and oxygen atoms in total. The molecule has 1 aromatic rings. The van der Waals surface area contributed by atoms with Crippen LogP contribution in [0.25, 0.3) is 0 Å². The number of benzene rings is 1. The third-order valence-corrected chi connectivity index (χ3v) is 4.66. The van der Waals surface area contributed by atoms with Gasteiger partial charge in [0.1, 0.15) is 16.3 Å². The minimum absolute atomic E-state index is 0.310. The topological polar surface area (TPSA) is 63.2 Å². The van der Waals surface area contributed by atoms with Gasteiger partial charge in [0.2, 0.25) is 0 Å². The van der Waals surface area contributed by atoms with Crippen molar-refractivity contribution in [1.29, 1.82) is 0 Å². The molecular formula is C12H12ClF2NO3S. The van der Waals surface area contributed by atoms with Gasteiger partial charge in [0, 0.05) is 17.2 Å². The molecule has 8 heteroatoms. The Balaban J connectivity index is 2.27. The molecule has 1 amide bonds. The Bertz CT molecular complexity index is 644. The molecule has 0 aromatic heterocycles. The lowest BCUT2D eigenvalue weighted by molar-refractivity contribution is 0.0930. The summed E-state index contributed by atoms with van der Waals surface area (Å²) in [5, 5.41) is 2.40. The van der Waals surface area contributed by atoms with Crippen molar-refractivity contribution in [1.82, 2.24) is 5.32 Å². The molecule has 1 saturated carbocycles. The number of amides is 1. The van der Waals surface area contributed by atoms with Crippen molar-refractivity contribution in [2.45, 2.75) is 24.2 Å². The molecule has 0 atom stereocenters. The molecule has 2 rings (SSSR count). The summed E-state index contributed by atoms with van der Waals surface area (Å²) >= 11 is 0. The maximum absolute atomic E-state index is 13.9. The molecule has 0 saturated heterocycles. The van der Waals surface area contributed by atoms with Gasteiger partial charge in [-0.1, -0.05) is 6.42 Å². The van der Waals surface area contributed by atoms with Crippen LogP contribution in [0.3, 0.4) is 0 Å². The lowest BCUT2D eigenvalue weighted by Gasteiger charge is -2.25. The van der Waals surface area contributed by atoms with Crippen molar-refractivity contribution in [2.24, 2.45) is 5.92 Å². The smallest absolute Gasteiger partial charge is 0.264 e. The Morgan fingerprint density at radius 2 is 2.00 bits per heavy atom.